The van der Waals surface area contributed by atoms with E-state index in [4.69, 9.17) is 0 Å². The third-order valence-electron chi connectivity index (χ3n) is 4.65. The van der Waals surface area contributed by atoms with Crippen LogP contribution in [-0.4, -0.2) is 58.2 Å². The number of nitrogens with zero attached hydrogens (tertiary/aromatic N) is 3. The summed E-state index contributed by atoms with van der Waals surface area (Å²) >= 11 is 0. The number of amides is 2. The number of urea groups is 1. The molecule has 0 aliphatic carbocycles. The van der Waals surface area contributed by atoms with Crippen molar-refractivity contribution < 1.29 is 4.79 Å². The minimum absolute atomic E-state index is 0.0470. The Hall–Kier alpha value is -1.56. The molecule has 1 fully saturated rings. The van der Waals surface area contributed by atoms with Gasteiger partial charge in [0.15, 0.2) is 0 Å². The molecule has 0 radical (unpaired) electrons. The number of carbonyl (C=O) groups is 1. The Balaban J connectivity index is 1.46. The first-order valence-electron chi connectivity index (χ1n) is 8.02. The van der Waals surface area contributed by atoms with Crippen LogP contribution in [0.15, 0.2) is 6.20 Å². The fourth-order valence-electron chi connectivity index (χ4n) is 3.23. The topological polar surface area (TPSA) is 64.3 Å². The van der Waals surface area contributed by atoms with Crippen LogP contribution < -0.4 is 5.32 Å². The molecular weight excluding hydrogens is 266 g/mol. The van der Waals surface area contributed by atoms with Crippen LogP contribution in [-0.2, 0) is 13.0 Å². The molecule has 0 saturated carbocycles. The van der Waals surface area contributed by atoms with Crippen LogP contribution in [0.5, 0.6) is 0 Å². The van der Waals surface area contributed by atoms with Crippen LogP contribution in [0.25, 0.3) is 0 Å². The molecule has 2 N–H and O–H groups in total. The van der Waals surface area contributed by atoms with Gasteiger partial charge in [0.25, 0.3) is 0 Å². The van der Waals surface area contributed by atoms with E-state index in [1.165, 1.54) is 38.0 Å². The Morgan fingerprint density at radius 2 is 2.19 bits per heavy atom. The third-order valence-corrected chi connectivity index (χ3v) is 4.65. The molecule has 1 unspecified atom stereocenters. The molecule has 6 heteroatoms. The normalized spacial score (nSPS) is 20.9. The number of hydrogen-bond acceptors (Lipinski definition) is 3. The molecule has 1 saturated heterocycles. The zero-order chi connectivity index (χ0) is 14.7. The maximum Gasteiger partial charge on any atom is 0.317 e. The lowest BCUT2D eigenvalue weighted by Crippen LogP contribution is -2.48. The van der Waals surface area contributed by atoms with Crippen molar-refractivity contribution in [3.05, 3.63) is 17.5 Å². The third kappa shape index (κ3) is 3.37. The predicted molar refractivity (Wildman–Crippen MR) is 81.0 cm³/mol. The molecule has 0 aromatic carbocycles. The van der Waals surface area contributed by atoms with Crippen molar-refractivity contribution in [3.63, 3.8) is 0 Å². The highest BCUT2D eigenvalue weighted by Gasteiger charge is 2.23. The minimum atomic E-state index is 0.0470. The number of carbonyl (C=O) groups excluding carboxylic acids is 1. The summed E-state index contributed by atoms with van der Waals surface area (Å²) < 4.78 is 0. The van der Waals surface area contributed by atoms with Crippen LogP contribution in [0.4, 0.5) is 4.79 Å². The number of piperidine rings is 1. The maximum absolute atomic E-state index is 12.3. The van der Waals surface area contributed by atoms with Crippen molar-refractivity contribution in [2.45, 2.75) is 45.2 Å². The van der Waals surface area contributed by atoms with Crippen molar-refractivity contribution in [3.8, 4) is 0 Å². The highest BCUT2D eigenvalue weighted by Crippen LogP contribution is 2.16. The van der Waals surface area contributed by atoms with Crippen molar-refractivity contribution in [1.82, 2.24) is 25.3 Å². The van der Waals surface area contributed by atoms with E-state index < -0.39 is 0 Å². The van der Waals surface area contributed by atoms with Gasteiger partial charge in [-0.2, -0.15) is 5.10 Å². The van der Waals surface area contributed by atoms with Gasteiger partial charge in [0.2, 0.25) is 0 Å². The molecule has 0 bridgehead atoms. The lowest BCUT2D eigenvalue weighted by Gasteiger charge is -2.33. The molecule has 1 aromatic rings. The lowest BCUT2D eigenvalue weighted by molar-refractivity contribution is 0.161. The van der Waals surface area contributed by atoms with Gasteiger partial charge in [0.1, 0.15) is 0 Å². The molecule has 1 atom stereocenters. The molecule has 2 aliphatic rings. The van der Waals surface area contributed by atoms with Gasteiger partial charge in [-0.05, 0) is 32.9 Å². The van der Waals surface area contributed by atoms with Crippen molar-refractivity contribution in [2.24, 2.45) is 0 Å². The molecular formula is C15H25N5O. The van der Waals surface area contributed by atoms with Gasteiger partial charge in [0.05, 0.1) is 12.7 Å². The Bertz CT molecular complexity index is 480. The summed E-state index contributed by atoms with van der Waals surface area (Å²) in [6, 6.07) is 0.467. The Morgan fingerprint density at radius 1 is 1.38 bits per heavy atom. The molecule has 6 nitrogen and oxygen atoms in total. The van der Waals surface area contributed by atoms with Crippen LogP contribution in [0, 0.1) is 0 Å². The van der Waals surface area contributed by atoms with Crippen molar-refractivity contribution >= 4 is 6.03 Å². The first kappa shape index (κ1) is 14.4. The summed E-state index contributed by atoms with van der Waals surface area (Å²) in [5.74, 6) is 0. The van der Waals surface area contributed by atoms with E-state index in [-0.39, 0.29) is 6.03 Å². The minimum Gasteiger partial charge on any atom is -0.336 e. The standard InChI is InChI=1S/C15H25N5O/c1-12(19-6-3-2-4-7-19)9-16-15(21)20-8-5-14-13(11-20)10-17-18-14/h10,12H,2-9,11H2,1H3,(H,16,21)(H,17,18). The van der Waals surface area contributed by atoms with Gasteiger partial charge in [-0.1, -0.05) is 6.42 Å². The van der Waals surface area contributed by atoms with E-state index in [1.54, 1.807) is 0 Å². The second kappa shape index (κ2) is 6.47. The molecule has 1 aromatic heterocycles. The molecule has 116 valence electrons. The summed E-state index contributed by atoms with van der Waals surface area (Å²) in [5.41, 5.74) is 2.31. The summed E-state index contributed by atoms with van der Waals surface area (Å²) in [7, 11) is 0. The quantitative estimate of drug-likeness (QED) is 0.883. The smallest absolute Gasteiger partial charge is 0.317 e. The van der Waals surface area contributed by atoms with Gasteiger partial charge < -0.3 is 10.2 Å². The van der Waals surface area contributed by atoms with Crippen molar-refractivity contribution in [2.75, 3.05) is 26.2 Å². The molecule has 2 aliphatic heterocycles. The Labute approximate surface area is 125 Å². The summed E-state index contributed by atoms with van der Waals surface area (Å²) in [5, 5.41) is 10.1. The van der Waals surface area contributed by atoms with Crippen molar-refractivity contribution in [1.29, 1.82) is 0 Å². The van der Waals surface area contributed by atoms with Gasteiger partial charge in [-0.25, -0.2) is 4.79 Å². The van der Waals surface area contributed by atoms with E-state index in [1.807, 2.05) is 11.1 Å². The number of nitrogens with one attached hydrogen (secondary N) is 2. The zero-order valence-corrected chi connectivity index (χ0v) is 12.8. The number of aromatic nitrogens is 2. The SMILES string of the molecule is CC(CNC(=O)N1CCc2[nH]ncc2C1)N1CCCCC1. The Kier molecular flexibility index (Phi) is 4.43. The van der Waals surface area contributed by atoms with E-state index in [9.17, 15) is 4.79 Å². The zero-order valence-electron chi connectivity index (χ0n) is 12.8. The largest absolute Gasteiger partial charge is 0.336 e. The molecule has 21 heavy (non-hydrogen) atoms. The first-order chi connectivity index (χ1) is 10.2. The van der Waals surface area contributed by atoms with Gasteiger partial charge in [-0.3, -0.25) is 10.00 Å². The number of rotatable bonds is 3. The van der Waals surface area contributed by atoms with Gasteiger partial charge in [0, 0.05) is 36.8 Å². The predicted octanol–water partition coefficient (Wildman–Crippen LogP) is 1.35. The second-order valence-corrected chi connectivity index (χ2v) is 6.18. The van der Waals surface area contributed by atoms with E-state index >= 15 is 0 Å². The number of aromatic amines is 1. The average molecular weight is 291 g/mol. The van der Waals surface area contributed by atoms with Gasteiger partial charge in [-0.15, -0.1) is 0 Å². The van der Waals surface area contributed by atoms with Crippen LogP contribution in [0.1, 0.15) is 37.4 Å². The lowest BCUT2D eigenvalue weighted by atomic mass is 10.1. The highest BCUT2D eigenvalue weighted by molar-refractivity contribution is 5.74. The molecule has 3 heterocycles. The maximum atomic E-state index is 12.3. The fraction of sp³-hybridized carbons (Fsp3) is 0.733. The first-order valence-corrected chi connectivity index (χ1v) is 8.02. The van der Waals surface area contributed by atoms with Crippen LogP contribution in [0.2, 0.25) is 0 Å². The summed E-state index contributed by atoms with van der Waals surface area (Å²) in [6.45, 7) is 6.69. The van der Waals surface area contributed by atoms with E-state index in [2.05, 4.69) is 27.3 Å². The molecule has 2 amide bonds. The van der Waals surface area contributed by atoms with E-state index in [0.717, 1.165) is 25.1 Å². The number of hydrogen-bond donors (Lipinski definition) is 2. The molecule has 3 rings (SSSR count). The number of fused-ring (bicyclic) bond motifs is 1. The monoisotopic (exact) mass is 291 g/mol. The summed E-state index contributed by atoms with van der Waals surface area (Å²) in [6.07, 6.45) is 6.60. The fourth-order valence-corrected chi connectivity index (χ4v) is 3.23. The van der Waals surface area contributed by atoms with Crippen LogP contribution in [0.3, 0.4) is 0 Å². The second-order valence-electron chi connectivity index (χ2n) is 6.18. The van der Waals surface area contributed by atoms with Crippen LogP contribution >= 0.6 is 0 Å². The highest BCUT2D eigenvalue weighted by atomic mass is 16.2. The summed E-state index contributed by atoms with van der Waals surface area (Å²) in [4.78, 5) is 16.6. The average Bonchev–Trinajstić information content (AvgIpc) is 3.00. The molecule has 0 spiro atoms. The number of H-pyrrole nitrogens is 1. The Morgan fingerprint density at radius 3 is 3.00 bits per heavy atom. The van der Waals surface area contributed by atoms with Gasteiger partial charge >= 0.3 is 6.03 Å². The number of likely N-dealkylation sites (tertiary alicyclic amines) is 1. The van der Waals surface area contributed by atoms with E-state index in [0.29, 0.717) is 12.6 Å².